The average Bonchev–Trinajstić information content (AvgIpc) is 3.05. The summed E-state index contributed by atoms with van der Waals surface area (Å²) >= 11 is 2.12. The smallest absolute Gasteiger partial charge is 0.378 e. The van der Waals surface area contributed by atoms with E-state index in [9.17, 15) is 18.0 Å². The molecule has 1 unspecified atom stereocenters. The number of hydrogen-bond acceptors (Lipinski definition) is 7. The van der Waals surface area contributed by atoms with Crippen LogP contribution in [-0.2, 0) is 6.18 Å². The maximum Gasteiger partial charge on any atom is 0.434 e. The Morgan fingerprint density at radius 3 is 2.56 bits per heavy atom. The lowest BCUT2D eigenvalue weighted by Gasteiger charge is -2.14. The number of alkyl halides is 3. The quantitative estimate of drug-likeness (QED) is 0.769. The Morgan fingerprint density at radius 1 is 1.37 bits per heavy atom. The van der Waals surface area contributed by atoms with Crippen molar-refractivity contribution in [3.8, 4) is 0 Å². The minimum Gasteiger partial charge on any atom is -0.378 e. The third-order valence-corrected chi connectivity index (χ3v) is 4.66. The number of hydrogen-bond donors (Lipinski definition) is 2. The first kappa shape index (κ1) is 20.9. The molecule has 3 rings (SSSR count). The predicted octanol–water partition coefficient (Wildman–Crippen LogP) is 4.15. The number of rotatable bonds is 2. The molecule has 0 fully saturated rings. The van der Waals surface area contributed by atoms with Crippen LogP contribution in [0.3, 0.4) is 0 Å². The molecule has 6 nitrogen and oxygen atoms in total. The number of nitrogens with two attached hydrogens (primary N) is 1. The van der Waals surface area contributed by atoms with Crippen molar-refractivity contribution in [1.29, 1.82) is 0 Å². The number of carbonyl (C=O) groups is 1. The van der Waals surface area contributed by atoms with Crippen LogP contribution in [0.5, 0.6) is 0 Å². The number of pyridine rings is 1. The van der Waals surface area contributed by atoms with Crippen LogP contribution in [0.1, 0.15) is 28.8 Å². The summed E-state index contributed by atoms with van der Waals surface area (Å²) in [7, 11) is 0. The summed E-state index contributed by atoms with van der Waals surface area (Å²) in [5.74, 6) is -0.679. The van der Waals surface area contributed by atoms with Crippen molar-refractivity contribution in [2.75, 3.05) is 5.32 Å². The number of thiazole rings is 1. The molecule has 0 bridgehead atoms. The fraction of sp³-hybridized carbons (Fsp3) is 0.250. The zero-order valence-electron chi connectivity index (χ0n) is 14.2. The van der Waals surface area contributed by atoms with E-state index in [0.717, 1.165) is 16.7 Å². The lowest BCUT2D eigenvalue weighted by atomic mass is 10.2. The number of aliphatic imine (C=N–C) groups is 1. The van der Waals surface area contributed by atoms with Crippen molar-refractivity contribution in [2.24, 2.45) is 10.7 Å². The maximum atomic E-state index is 12.3. The molecular formula is C16H16F3N5OS2. The molecule has 3 heterocycles. The highest BCUT2D eigenvalue weighted by atomic mass is 32.2. The van der Waals surface area contributed by atoms with Gasteiger partial charge in [0.1, 0.15) is 0 Å². The fourth-order valence-corrected chi connectivity index (χ4v) is 3.51. The second-order valence-electron chi connectivity index (χ2n) is 5.39. The van der Waals surface area contributed by atoms with Gasteiger partial charge in [-0.2, -0.15) is 13.2 Å². The highest BCUT2D eigenvalue weighted by Gasteiger charge is 2.34. The van der Waals surface area contributed by atoms with Crippen molar-refractivity contribution >= 4 is 39.9 Å². The summed E-state index contributed by atoms with van der Waals surface area (Å²) < 4.78 is 36.9. The second-order valence-corrected chi connectivity index (χ2v) is 7.44. The number of thioether (sulfide) groups is 1. The molecule has 0 aromatic carbocycles. The Balaban J connectivity index is 0.000000244. The Hall–Kier alpha value is -2.40. The number of nitrogens with one attached hydrogen (secondary N) is 1. The molecule has 0 radical (unpaired) electrons. The monoisotopic (exact) mass is 415 g/mol. The van der Waals surface area contributed by atoms with Gasteiger partial charge in [-0.3, -0.25) is 14.8 Å². The molecule has 144 valence electrons. The Morgan fingerprint density at radius 2 is 2.04 bits per heavy atom. The summed E-state index contributed by atoms with van der Waals surface area (Å²) in [6.07, 6.45) is -0.658. The molecule has 2 aromatic rings. The van der Waals surface area contributed by atoms with E-state index < -0.39 is 17.8 Å². The largest absolute Gasteiger partial charge is 0.434 e. The molecule has 3 N–H and O–H groups in total. The van der Waals surface area contributed by atoms with Crippen molar-refractivity contribution in [3.63, 3.8) is 0 Å². The topological polar surface area (TPSA) is 93.3 Å². The Kier molecular flexibility index (Phi) is 6.97. The predicted molar refractivity (Wildman–Crippen MR) is 102 cm³/mol. The summed E-state index contributed by atoms with van der Waals surface area (Å²) in [4.78, 5) is 23.8. The third-order valence-electron chi connectivity index (χ3n) is 3.05. The number of amidine groups is 1. The number of aromatic nitrogens is 2. The van der Waals surface area contributed by atoms with Crippen molar-refractivity contribution < 1.29 is 18.0 Å². The number of anilines is 1. The highest BCUT2D eigenvalue weighted by Crippen LogP contribution is 2.30. The molecule has 0 spiro atoms. The summed E-state index contributed by atoms with van der Waals surface area (Å²) in [5.41, 5.74) is 4.85. The van der Waals surface area contributed by atoms with Crippen LogP contribution >= 0.6 is 23.1 Å². The first-order valence-corrected chi connectivity index (χ1v) is 9.27. The van der Waals surface area contributed by atoms with E-state index >= 15 is 0 Å². The number of halogens is 3. The van der Waals surface area contributed by atoms with Crippen LogP contribution in [-0.4, -0.2) is 27.1 Å². The van der Waals surface area contributed by atoms with E-state index in [1.54, 1.807) is 0 Å². The van der Waals surface area contributed by atoms with Crippen molar-refractivity contribution in [1.82, 2.24) is 9.97 Å². The average molecular weight is 415 g/mol. The van der Waals surface area contributed by atoms with Gasteiger partial charge in [0.2, 0.25) is 0 Å². The zero-order valence-corrected chi connectivity index (χ0v) is 15.8. The molecule has 27 heavy (non-hydrogen) atoms. The molecule has 1 amide bonds. The van der Waals surface area contributed by atoms with Gasteiger partial charge in [-0.05, 0) is 24.0 Å². The van der Waals surface area contributed by atoms with E-state index in [-0.39, 0.29) is 5.01 Å². The van der Waals surface area contributed by atoms with Crippen LogP contribution in [0.15, 0.2) is 46.4 Å². The molecular weight excluding hydrogens is 399 g/mol. The van der Waals surface area contributed by atoms with Gasteiger partial charge in [-0.1, -0.05) is 18.3 Å². The van der Waals surface area contributed by atoms with Gasteiger partial charge in [-0.25, -0.2) is 4.98 Å². The van der Waals surface area contributed by atoms with Gasteiger partial charge in [0.05, 0.1) is 6.04 Å². The van der Waals surface area contributed by atoms with Crippen LogP contribution in [0.25, 0.3) is 0 Å². The van der Waals surface area contributed by atoms with Crippen LogP contribution in [0, 0.1) is 0 Å². The summed E-state index contributed by atoms with van der Waals surface area (Å²) in [5, 5.41) is 3.65. The minimum atomic E-state index is -4.54. The van der Waals surface area contributed by atoms with Crippen molar-refractivity contribution in [3.05, 3.63) is 52.1 Å². The van der Waals surface area contributed by atoms with Gasteiger partial charge in [-0.15, -0.1) is 11.3 Å². The summed E-state index contributed by atoms with van der Waals surface area (Å²) in [6.45, 7) is 5.86. The first-order valence-electron chi connectivity index (χ1n) is 7.58. The normalized spacial score (nSPS) is 16.8. The van der Waals surface area contributed by atoms with E-state index in [4.69, 9.17) is 5.73 Å². The standard InChI is InChI=1S/C10H6F3N3OS.C6H10N2S/c11-10(12,13)7-5-18-9(16-7)8(17)15-6-1-3-14-4-2-6;1-4-3-5(2)9-6(7)8-4/h1-5H,(H,14,15,17);4H,2-3H2,1H3,(H2,7,8). The number of amides is 1. The third kappa shape index (κ3) is 6.68. The summed E-state index contributed by atoms with van der Waals surface area (Å²) in [6, 6.07) is 3.38. The fourth-order valence-electron chi connectivity index (χ4n) is 1.94. The molecule has 1 aliphatic rings. The van der Waals surface area contributed by atoms with Crippen LogP contribution < -0.4 is 11.1 Å². The number of nitrogens with zero attached hydrogens (tertiary/aromatic N) is 3. The Bertz CT molecular complexity index is 836. The van der Waals surface area contributed by atoms with Gasteiger partial charge < -0.3 is 11.1 Å². The molecule has 2 aromatic heterocycles. The van der Waals surface area contributed by atoms with Crippen molar-refractivity contribution in [2.45, 2.75) is 25.6 Å². The van der Waals surface area contributed by atoms with Gasteiger partial charge in [0.25, 0.3) is 5.91 Å². The van der Waals surface area contributed by atoms with E-state index in [1.165, 1.54) is 36.3 Å². The minimum absolute atomic E-state index is 0.237. The van der Waals surface area contributed by atoms with E-state index in [0.29, 0.717) is 28.2 Å². The second kappa shape index (κ2) is 9.00. The first-order chi connectivity index (χ1) is 12.6. The SMILES string of the molecule is C=C1CC(C)N=C(N)S1.O=C(Nc1ccncc1)c1nc(C(F)(F)F)cs1. The van der Waals surface area contributed by atoms with Crippen LogP contribution in [0.4, 0.5) is 18.9 Å². The van der Waals surface area contributed by atoms with Gasteiger partial charge in [0, 0.05) is 29.9 Å². The number of carbonyl (C=O) groups excluding carboxylic acids is 1. The van der Waals surface area contributed by atoms with Gasteiger partial charge >= 0.3 is 6.18 Å². The molecule has 0 saturated heterocycles. The molecule has 11 heteroatoms. The molecule has 1 aliphatic heterocycles. The lowest BCUT2D eigenvalue weighted by molar-refractivity contribution is -0.140. The molecule has 0 saturated carbocycles. The lowest BCUT2D eigenvalue weighted by Crippen LogP contribution is -2.16. The molecule has 0 aliphatic carbocycles. The van der Waals surface area contributed by atoms with Gasteiger partial charge in [0.15, 0.2) is 15.9 Å². The van der Waals surface area contributed by atoms with Crippen LogP contribution in [0.2, 0.25) is 0 Å². The van der Waals surface area contributed by atoms with E-state index in [1.807, 2.05) is 6.92 Å². The molecule has 1 atom stereocenters. The maximum absolute atomic E-state index is 12.3. The zero-order chi connectivity index (χ0) is 20.0. The Labute approximate surface area is 161 Å². The highest BCUT2D eigenvalue weighted by molar-refractivity contribution is 8.17. The van der Waals surface area contributed by atoms with E-state index in [2.05, 4.69) is 26.9 Å².